The van der Waals surface area contributed by atoms with Gasteiger partial charge in [0.1, 0.15) is 17.5 Å². The summed E-state index contributed by atoms with van der Waals surface area (Å²) in [5.74, 6) is -0.767. The zero-order valence-electron chi connectivity index (χ0n) is 12.1. The van der Waals surface area contributed by atoms with Crippen LogP contribution in [-0.2, 0) is 6.54 Å². The van der Waals surface area contributed by atoms with Crippen molar-refractivity contribution in [2.45, 2.75) is 13.5 Å². The smallest absolute Gasteiger partial charge is 0.224 e. The number of rotatable bonds is 4. The highest BCUT2D eigenvalue weighted by molar-refractivity contribution is 7.13. The van der Waals surface area contributed by atoms with Crippen LogP contribution in [0, 0.1) is 18.6 Å². The Hall–Kier alpha value is -2.05. The van der Waals surface area contributed by atoms with Gasteiger partial charge < -0.3 is 5.32 Å². The first-order chi connectivity index (χ1) is 11.1. The minimum Gasteiger partial charge on any atom is -0.365 e. The van der Waals surface area contributed by atoms with Crippen molar-refractivity contribution in [3.05, 3.63) is 63.9 Å². The summed E-state index contributed by atoms with van der Waals surface area (Å²) in [5.41, 5.74) is 1.77. The molecular weight excluding hydrogens is 340 g/mol. The van der Waals surface area contributed by atoms with Crippen molar-refractivity contribution in [3.63, 3.8) is 0 Å². The molecule has 23 heavy (non-hydrogen) atoms. The van der Waals surface area contributed by atoms with Crippen LogP contribution >= 0.6 is 22.9 Å². The van der Waals surface area contributed by atoms with Crippen molar-refractivity contribution in [2.75, 3.05) is 5.32 Å². The maximum absolute atomic E-state index is 13.7. The van der Waals surface area contributed by atoms with Gasteiger partial charge in [0, 0.05) is 23.2 Å². The van der Waals surface area contributed by atoms with Crippen LogP contribution in [0.4, 0.5) is 14.6 Å². The molecule has 0 bridgehead atoms. The second-order valence-corrected chi connectivity index (χ2v) is 6.14. The first-order valence-electron chi connectivity index (χ1n) is 6.80. The molecule has 0 aliphatic heterocycles. The maximum atomic E-state index is 13.7. The predicted molar refractivity (Wildman–Crippen MR) is 88.8 cm³/mol. The predicted octanol–water partition coefficient (Wildman–Crippen LogP) is 5.06. The molecule has 0 spiro atoms. The fourth-order valence-corrected chi connectivity index (χ4v) is 3.26. The summed E-state index contributed by atoms with van der Waals surface area (Å²) in [6.45, 7) is 1.93. The maximum Gasteiger partial charge on any atom is 0.224 e. The summed E-state index contributed by atoms with van der Waals surface area (Å²) >= 11 is 7.39. The Morgan fingerprint density at radius 1 is 1.22 bits per heavy atom. The van der Waals surface area contributed by atoms with E-state index in [1.807, 2.05) is 18.4 Å². The van der Waals surface area contributed by atoms with Crippen LogP contribution in [0.15, 0.2) is 35.8 Å². The number of halogens is 3. The van der Waals surface area contributed by atoms with E-state index in [1.165, 1.54) is 29.5 Å². The minimum atomic E-state index is -0.605. The Kier molecular flexibility index (Phi) is 4.54. The molecule has 0 amide bonds. The van der Waals surface area contributed by atoms with Gasteiger partial charge >= 0.3 is 0 Å². The van der Waals surface area contributed by atoms with Crippen LogP contribution in [0.2, 0.25) is 5.28 Å². The van der Waals surface area contributed by atoms with Gasteiger partial charge in [0.2, 0.25) is 5.28 Å². The molecule has 2 aromatic heterocycles. The highest BCUT2D eigenvalue weighted by Gasteiger charge is 2.14. The standard InChI is InChI=1S/C16H12ClF2N3S/c1-9-5-6-23-14(9)11-8-21-16(17)22-15(11)20-7-10-12(18)3-2-4-13(10)19/h2-6,8H,7H2,1H3,(H,20,21,22). The van der Waals surface area contributed by atoms with Gasteiger partial charge in [-0.3, -0.25) is 0 Å². The van der Waals surface area contributed by atoms with Crippen molar-refractivity contribution in [1.82, 2.24) is 9.97 Å². The Morgan fingerprint density at radius 3 is 2.61 bits per heavy atom. The van der Waals surface area contributed by atoms with E-state index < -0.39 is 11.6 Å². The van der Waals surface area contributed by atoms with Gasteiger partial charge in [-0.05, 0) is 47.7 Å². The van der Waals surface area contributed by atoms with Crippen LogP contribution < -0.4 is 5.32 Å². The number of anilines is 1. The fourth-order valence-electron chi connectivity index (χ4n) is 2.18. The number of nitrogens with zero attached hydrogens (tertiary/aromatic N) is 2. The number of nitrogens with one attached hydrogen (secondary N) is 1. The van der Waals surface area contributed by atoms with Crippen molar-refractivity contribution < 1.29 is 8.78 Å². The molecule has 1 N–H and O–H groups in total. The summed E-state index contributed by atoms with van der Waals surface area (Å²) in [6, 6.07) is 5.75. The summed E-state index contributed by atoms with van der Waals surface area (Å²) in [5, 5.41) is 4.99. The first kappa shape index (κ1) is 15.8. The number of hydrogen-bond acceptors (Lipinski definition) is 4. The molecule has 0 radical (unpaired) electrons. The van der Waals surface area contributed by atoms with Gasteiger partial charge in [0.05, 0.1) is 5.56 Å². The molecule has 0 saturated carbocycles. The molecule has 0 saturated heterocycles. The lowest BCUT2D eigenvalue weighted by molar-refractivity contribution is 0.560. The molecule has 3 rings (SSSR count). The van der Waals surface area contributed by atoms with Gasteiger partial charge in [0.15, 0.2) is 0 Å². The van der Waals surface area contributed by atoms with E-state index in [2.05, 4.69) is 15.3 Å². The monoisotopic (exact) mass is 351 g/mol. The Bertz CT molecular complexity index is 831. The average Bonchev–Trinajstić information content (AvgIpc) is 2.93. The molecular formula is C16H12ClF2N3S. The zero-order chi connectivity index (χ0) is 16.4. The third-order valence-electron chi connectivity index (χ3n) is 3.36. The van der Waals surface area contributed by atoms with Crippen LogP contribution in [0.3, 0.4) is 0 Å². The largest absolute Gasteiger partial charge is 0.365 e. The molecule has 7 heteroatoms. The summed E-state index contributed by atoms with van der Waals surface area (Å²) in [7, 11) is 0. The van der Waals surface area contributed by atoms with Gasteiger partial charge in [-0.2, -0.15) is 0 Å². The first-order valence-corrected chi connectivity index (χ1v) is 8.06. The van der Waals surface area contributed by atoms with Crippen LogP contribution in [0.5, 0.6) is 0 Å². The lowest BCUT2D eigenvalue weighted by Gasteiger charge is -2.12. The number of aryl methyl sites for hydroxylation is 1. The van der Waals surface area contributed by atoms with Gasteiger partial charge in [-0.15, -0.1) is 11.3 Å². The third kappa shape index (κ3) is 3.33. The molecule has 0 fully saturated rings. The average molecular weight is 352 g/mol. The second kappa shape index (κ2) is 6.60. The Labute approximate surface area is 141 Å². The van der Waals surface area contributed by atoms with Gasteiger partial charge in [-0.1, -0.05) is 6.07 Å². The molecule has 0 unspecified atom stereocenters. The Balaban J connectivity index is 1.94. The van der Waals surface area contributed by atoms with Crippen LogP contribution in [-0.4, -0.2) is 9.97 Å². The molecule has 2 heterocycles. The van der Waals surface area contributed by atoms with E-state index in [1.54, 1.807) is 6.20 Å². The van der Waals surface area contributed by atoms with Crippen LogP contribution in [0.1, 0.15) is 11.1 Å². The van der Waals surface area contributed by atoms with E-state index in [9.17, 15) is 8.78 Å². The molecule has 0 atom stereocenters. The Morgan fingerprint density at radius 2 is 1.96 bits per heavy atom. The molecule has 0 aliphatic carbocycles. The van der Waals surface area contributed by atoms with Gasteiger partial charge in [-0.25, -0.2) is 18.7 Å². The topological polar surface area (TPSA) is 37.8 Å². The zero-order valence-corrected chi connectivity index (χ0v) is 13.7. The molecule has 1 aromatic carbocycles. The van der Waals surface area contributed by atoms with Crippen molar-refractivity contribution in [1.29, 1.82) is 0 Å². The molecule has 118 valence electrons. The van der Waals surface area contributed by atoms with E-state index >= 15 is 0 Å². The van der Waals surface area contributed by atoms with Gasteiger partial charge in [0.25, 0.3) is 0 Å². The molecule has 3 nitrogen and oxygen atoms in total. The quantitative estimate of drug-likeness (QED) is 0.668. The second-order valence-electron chi connectivity index (χ2n) is 4.89. The fraction of sp³-hybridized carbons (Fsp3) is 0.125. The lowest BCUT2D eigenvalue weighted by Crippen LogP contribution is -2.07. The number of benzene rings is 1. The summed E-state index contributed by atoms with van der Waals surface area (Å²) in [4.78, 5) is 9.13. The van der Waals surface area contributed by atoms with E-state index in [4.69, 9.17) is 11.6 Å². The minimum absolute atomic E-state index is 0.0384. The van der Waals surface area contributed by atoms with E-state index in [0.717, 1.165) is 16.0 Å². The highest BCUT2D eigenvalue weighted by Crippen LogP contribution is 2.34. The highest BCUT2D eigenvalue weighted by atomic mass is 35.5. The van der Waals surface area contributed by atoms with Crippen molar-refractivity contribution in [2.24, 2.45) is 0 Å². The van der Waals surface area contributed by atoms with E-state index in [-0.39, 0.29) is 17.4 Å². The number of hydrogen-bond donors (Lipinski definition) is 1. The normalized spacial score (nSPS) is 10.8. The van der Waals surface area contributed by atoms with Crippen molar-refractivity contribution in [3.8, 4) is 10.4 Å². The number of thiophene rings is 1. The SMILES string of the molecule is Cc1ccsc1-c1cnc(Cl)nc1NCc1c(F)cccc1F. The van der Waals surface area contributed by atoms with Crippen molar-refractivity contribution >= 4 is 28.8 Å². The van der Waals surface area contributed by atoms with E-state index in [0.29, 0.717) is 5.82 Å². The molecule has 3 aromatic rings. The summed E-state index contributed by atoms with van der Waals surface area (Å²) in [6.07, 6.45) is 1.61. The number of aromatic nitrogens is 2. The molecule has 0 aliphatic rings. The summed E-state index contributed by atoms with van der Waals surface area (Å²) < 4.78 is 27.5. The van der Waals surface area contributed by atoms with Crippen LogP contribution in [0.25, 0.3) is 10.4 Å². The third-order valence-corrected chi connectivity index (χ3v) is 4.59. The lowest BCUT2D eigenvalue weighted by atomic mass is 10.1.